The van der Waals surface area contributed by atoms with Gasteiger partial charge in [-0.1, -0.05) is 0 Å². The number of hydrazine groups is 1. The first kappa shape index (κ1) is 20.2. The number of benzene rings is 1. The van der Waals surface area contributed by atoms with Crippen molar-refractivity contribution in [3.8, 4) is 0 Å². The average molecular weight is 383 g/mol. The van der Waals surface area contributed by atoms with E-state index in [1.807, 2.05) is 0 Å². The average Bonchev–Trinajstić information content (AvgIpc) is 2.56. The lowest BCUT2D eigenvalue weighted by molar-refractivity contribution is -0.136. The summed E-state index contributed by atoms with van der Waals surface area (Å²) < 4.78 is 40.1. The van der Waals surface area contributed by atoms with Crippen LogP contribution in [0.1, 0.15) is 25.0 Å². The molecule has 0 fully saturated rings. The van der Waals surface area contributed by atoms with Crippen molar-refractivity contribution < 1.29 is 18.0 Å². The van der Waals surface area contributed by atoms with Crippen LogP contribution in [-0.4, -0.2) is 41.1 Å². The lowest BCUT2D eigenvalue weighted by Gasteiger charge is -2.34. The standard InChI is InChI=1S/C16H20F3N7O/c1-7(20)9-4-13(11(5-12(9)21)16(17,18)19)24-14(27)10-6-26(23)15(22)25(3)8(10)2/h4-5,20,22H,6,21,23H2,1-3H3,(H,24,27). The summed E-state index contributed by atoms with van der Waals surface area (Å²) in [6, 6.07) is 1.73. The summed E-state index contributed by atoms with van der Waals surface area (Å²) in [5.41, 5.74) is 4.36. The van der Waals surface area contributed by atoms with Crippen LogP contribution < -0.4 is 16.9 Å². The van der Waals surface area contributed by atoms with Crippen molar-refractivity contribution in [1.82, 2.24) is 9.91 Å². The van der Waals surface area contributed by atoms with E-state index in [1.165, 1.54) is 18.9 Å². The van der Waals surface area contributed by atoms with Crippen molar-refractivity contribution in [3.05, 3.63) is 34.5 Å². The van der Waals surface area contributed by atoms with Gasteiger partial charge in [-0.2, -0.15) is 13.2 Å². The molecule has 11 heteroatoms. The largest absolute Gasteiger partial charge is 0.418 e. The topological polar surface area (TPSA) is 135 Å². The minimum Gasteiger partial charge on any atom is -0.398 e. The van der Waals surface area contributed by atoms with Crippen molar-refractivity contribution in [2.75, 3.05) is 24.6 Å². The van der Waals surface area contributed by atoms with Crippen LogP contribution in [0.3, 0.4) is 0 Å². The lowest BCUT2D eigenvalue weighted by Crippen LogP contribution is -2.51. The molecule has 0 spiro atoms. The number of halogens is 3. The summed E-state index contributed by atoms with van der Waals surface area (Å²) in [6.45, 7) is 2.82. The maximum absolute atomic E-state index is 13.4. The highest BCUT2D eigenvalue weighted by molar-refractivity contribution is 6.08. The fraction of sp³-hybridized carbons (Fsp3) is 0.312. The van der Waals surface area contributed by atoms with E-state index < -0.39 is 23.3 Å². The van der Waals surface area contributed by atoms with Crippen molar-refractivity contribution >= 4 is 29.0 Å². The minimum absolute atomic E-state index is 0.0360. The molecule has 8 nitrogen and oxygen atoms in total. The van der Waals surface area contributed by atoms with Gasteiger partial charge in [-0.25, -0.2) is 5.84 Å². The first-order valence-corrected chi connectivity index (χ1v) is 7.76. The third kappa shape index (κ3) is 3.87. The van der Waals surface area contributed by atoms with E-state index in [4.69, 9.17) is 22.4 Å². The summed E-state index contributed by atoms with van der Waals surface area (Å²) in [6.07, 6.45) is -4.75. The molecule has 1 amide bonds. The number of carbonyl (C=O) groups excluding carboxylic acids is 1. The molecule has 0 aliphatic carbocycles. The van der Waals surface area contributed by atoms with Crippen LogP contribution in [0, 0.1) is 10.8 Å². The lowest BCUT2D eigenvalue weighted by atomic mass is 10.0. The zero-order valence-electron chi connectivity index (χ0n) is 15.0. The summed E-state index contributed by atoms with van der Waals surface area (Å²) in [4.78, 5) is 14.0. The van der Waals surface area contributed by atoms with E-state index in [2.05, 4.69) is 5.32 Å². The third-order valence-electron chi connectivity index (χ3n) is 4.28. The quantitative estimate of drug-likeness (QED) is 0.309. The SMILES string of the molecule is CC(=N)c1cc(NC(=O)C2=C(C)N(C)C(=N)N(N)C2)c(C(F)(F)F)cc1N. The number of guanidine groups is 1. The highest BCUT2D eigenvalue weighted by Crippen LogP contribution is 2.38. The number of nitrogen functional groups attached to an aromatic ring is 1. The van der Waals surface area contributed by atoms with E-state index in [0.717, 1.165) is 11.1 Å². The molecule has 27 heavy (non-hydrogen) atoms. The van der Waals surface area contributed by atoms with Crippen LogP contribution >= 0.6 is 0 Å². The molecule has 0 saturated carbocycles. The third-order valence-corrected chi connectivity index (χ3v) is 4.28. The van der Waals surface area contributed by atoms with Crippen LogP contribution in [0.15, 0.2) is 23.4 Å². The minimum atomic E-state index is -4.75. The van der Waals surface area contributed by atoms with Gasteiger partial charge < -0.3 is 21.4 Å². The van der Waals surface area contributed by atoms with Gasteiger partial charge in [0.1, 0.15) is 0 Å². The van der Waals surface area contributed by atoms with Gasteiger partial charge in [0, 0.05) is 29.7 Å². The zero-order valence-corrected chi connectivity index (χ0v) is 15.0. The number of nitrogens with two attached hydrogens (primary N) is 2. The number of nitrogens with one attached hydrogen (secondary N) is 3. The Hall–Kier alpha value is -3.08. The van der Waals surface area contributed by atoms with Crippen LogP contribution in [0.4, 0.5) is 24.5 Å². The molecule has 7 N–H and O–H groups in total. The number of hydrogen-bond donors (Lipinski definition) is 5. The second-order valence-electron chi connectivity index (χ2n) is 6.14. The number of allylic oxidation sites excluding steroid dienone is 1. The summed E-state index contributed by atoms with van der Waals surface area (Å²) in [5.74, 6) is 4.83. The molecule has 1 aromatic rings. The van der Waals surface area contributed by atoms with Crippen LogP contribution in [-0.2, 0) is 11.0 Å². The first-order valence-electron chi connectivity index (χ1n) is 7.76. The molecule has 2 rings (SSSR count). The van der Waals surface area contributed by atoms with Crippen molar-refractivity contribution in [3.63, 3.8) is 0 Å². The predicted octanol–water partition coefficient (Wildman–Crippen LogP) is 1.94. The maximum Gasteiger partial charge on any atom is 0.418 e. The fourth-order valence-electron chi connectivity index (χ4n) is 2.63. The summed E-state index contributed by atoms with van der Waals surface area (Å²) in [5, 5.41) is 18.7. The van der Waals surface area contributed by atoms with E-state index in [0.29, 0.717) is 11.8 Å². The van der Waals surface area contributed by atoms with Crippen molar-refractivity contribution in [2.24, 2.45) is 5.84 Å². The molecule has 0 bridgehead atoms. The molecule has 0 saturated heterocycles. The fourth-order valence-corrected chi connectivity index (χ4v) is 2.63. The highest BCUT2D eigenvalue weighted by atomic mass is 19.4. The Kier molecular flexibility index (Phi) is 5.18. The number of carbonyl (C=O) groups is 1. The number of nitrogens with zero attached hydrogens (tertiary/aromatic N) is 2. The maximum atomic E-state index is 13.4. The highest BCUT2D eigenvalue weighted by Gasteiger charge is 2.36. The number of anilines is 2. The molecule has 146 valence electrons. The van der Waals surface area contributed by atoms with Crippen LogP contribution in [0.25, 0.3) is 0 Å². The first-order chi connectivity index (χ1) is 12.3. The molecule has 1 aliphatic heterocycles. The number of alkyl halides is 3. The Bertz CT molecular complexity index is 860. The van der Waals surface area contributed by atoms with Gasteiger partial charge >= 0.3 is 6.18 Å². The molecule has 0 aromatic heterocycles. The molecule has 0 radical (unpaired) electrons. The van der Waals surface area contributed by atoms with Gasteiger partial charge in [0.25, 0.3) is 5.91 Å². The molecular formula is C16H20F3N7O. The molecular weight excluding hydrogens is 363 g/mol. The number of amides is 1. The van der Waals surface area contributed by atoms with Crippen molar-refractivity contribution in [2.45, 2.75) is 20.0 Å². The Morgan fingerprint density at radius 1 is 1.33 bits per heavy atom. The Balaban J connectivity index is 2.50. The molecule has 1 aliphatic rings. The van der Waals surface area contributed by atoms with Gasteiger partial charge in [0.15, 0.2) is 0 Å². The van der Waals surface area contributed by atoms with Gasteiger partial charge in [-0.3, -0.25) is 15.2 Å². The molecule has 1 aromatic carbocycles. The molecule has 0 atom stereocenters. The monoisotopic (exact) mass is 383 g/mol. The number of rotatable bonds is 3. The Morgan fingerprint density at radius 3 is 2.44 bits per heavy atom. The molecule has 0 unspecified atom stereocenters. The van der Waals surface area contributed by atoms with Gasteiger partial charge in [-0.15, -0.1) is 0 Å². The Morgan fingerprint density at radius 2 is 1.93 bits per heavy atom. The summed E-state index contributed by atoms with van der Waals surface area (Å²) in [7, 11) is 1.52. The van der Waals surface area contributed by atoms with Gasteiger partial charge in [0.2, 0.25) is 5.96 Å². The summed E-state index contributed by atoms with van der Waals surface area (Å²) >= 11 is 0. The van der Waals surface area contributed by atoms with E-state index in [-0.39, 0.29) is 35.0 Å². The van der Waals surface area contributed by atoms with Crippen LogP contribution in [0.2, 0.25) is 0 Å². The normalized spacial score (nSPS) is 15.3. The Labute approximate surface area is 153 Å². The second kappa shape index (κ2) is 6.91. The zero-order chi connectivity index (χ0) is 20.7. The van der Waals surface area contributed by atoms with E-state index >= 15 is 0 Å². The number of hydrogen-bond acceptors (Lipinski definition) is 5. The second-order valence-corrected chi connectivity index (χ2v) is 6.14. The van der Waals surface area contributed by atoms with E-state index in [9.17, 15) is 18.0 Å². The smallest absolute Gasteiger partial charge is 0.398 e. The van der Waals surface area contributed by atoms with Gasteiger partial charge in [0.05, 0.1) is 23.4 Å². The van der Waals surface area contributed by atoms with Crippen molar-refractivity contribution in [1.29, 1.82) is 10.8 Å². The van der Waals surface area contributed by atoms with E-state index in [1.54, 1.807) is 6.92 Å². The molecule has 1 heterocycles. The predicted molar refractivity (Wildman–Crippen MR) is 96.1 cm³/mol. The van der Waals surface area contributed by atoms with Crippen LogP contribution in [0.5, 0.6) is 0 Å². The van der Waals surface area contributed by atoms with Gasteiger partial charge in [-0.05, 0) is 26.0 Å².